The van der Waals surface area contributed by atoms with Crippen molar-refractivity contribution in [2.75, 3.05) is 32.7 Å². The number of allylic oxidation sites excluding steroid dienone is 4. The SMILES string of the molecule is CCCN1C(=O)[C@H](CCCCNC(=O)OCc2ccccc2)NC(=O)C12CCN(CC1CC=C(C=CCC(C)C)CC1)CC2. The van der Waals surface area contributed by atoms with Crippen molar-refractivity contribution >= 4 is 17.9 Å². The highest BCUT2D eigenvalue weighted by Gasteiger charge is 2.53. The number of likely N-dealkylation sites (tertiary alicyclic amines) is 1. The van der Waals surface area contributed by atoms with E-state index in [0.717, 1.165) is 57.3 Å². The number of hydrogen-bond acceptors (Lipinski definition) is 5. The molecule has 2 aliphatic heterocycles. The number of carbonyl (C=O) groups excluding carboxylic acids is 3. The second-order valence-electron chi connectivity index (χ2n) is 13.3. The van der Waals surface area contributed by atoms with Gasteiger partial charge in [-0.3, -0.25) is 9.59 Å². The third-order valence-corrected chi connectivity index (χ3v) is 9.35. The number of unbranched alkanes of at least 4 members (excludes halogenated alkanes) is 1. The average molecular weight is 607 g/mol. The number of nitrogens with zero attached hydrogens (tertiary/aromatic N) is 2. The van der Waals surface area contributed by atoms with Gasteiger partial charge in [0.15, 0.2) is 0 Å². The van der Waals surface area contributed by atoms with Gasteiger partial charge in [0, 0.05) is 32.7 Å². The maximum Gasteiger partial charge on any atom is 0.407 e. The van der Waals surface area contributed by atoms with E-state index < -0.39 is 17.7 Å². The zero-order valence-electron chi connectivity index (χ0n) is 27.2. The Morgan fingerprint density at radius 1 is 1.16 bits per heavy atom. The Bertz CT molecular complexity index is 1140. The number of amides is 3. The molecule has 4 rings (SSSR count). The summed E-state index contributed by atoms with van der Waals surface area (Å²) in [5.41, 5.74) is 1.68. The van der Waals surface area contributed by atoms with Crippen molar-refractivity contribution in [2.45, 2.75) is 103 Å². The summed E-state index contributed by atoms with van der Waals surface area (Å²) in [4.78, 5) is 43.7. The quantitative estimate of drug-likeness (QED) is 0.254. The first kappa shape index (κ1) is 33.8. The number of hydrogen-bond donors (Lipinski definition) is 2. The number of nitrogens with one attached hydrogen (secondary N) is 2. The topological polar surface area (TPSA) is 91.0 Å². The predicted octanol–water partition coefficient (Wildman–Crippen LogP) is 5.98. The molecule has 8 nitrogen and oxygen atoms in total. The Kier molecular flexibility index (Phi) is 12.9. The Morgan fingerprint density at radius 2 is 1.93 bits per heavy atom. The van der Waals surface area contributed by atoms with E-state index in [1.165, 1.54) is 12.0 Å². The van der Waals surface area contributed by atoms with E-state index in [1.54, 1.807) is 0 Å². The highest BCUT2D eigenvalue weighted by molar-refractivity contribution is 6.00. The first-order valence-corrected chi connectivity index (χ1v) is 17.0. The van der Waals surface area contributed by atoms with Crippen LogP contribution in [0.3, 0.4) is 0 Å². The van der Waals surface area contributed by atoms with E-state index in [9.17, 15) is 14.4 Å². The third-order valence-electron chi connectivity index (χ3n) is 9.35. The number of ether oxygens (including phenoxy) is 1. The van der Waals surface area contributed by atoms with Gasteiger partial charge in [-0.05, 0) is 81.6 Å². The van der Waals surface area contributed by atoms with E-state index in [-0.39, 0.29) is 18.4 Å². The molecule has 2 fully saturated rings. The molecular formula is C36H54N4O4. The van der Waals surface area contributed by atoms with Crippen molar-refractivity contribution in [2.24, 2.45) is 11.8 Å². The molecule has 0 saturated carbocycles. The van der Waals surface area contributed by atoms with Crippen LogP contribution in [-0.4, -0.2) is 72.0 Å². The van der Waals surface area contributed by atoms with Crippen LogP contribution in [0.5, 0.6) is 0 Å². The molecule has 2 atom stereocenters. The van der Waals surface area contributed by atoms with Crippen molar-refractivity contribution in [3.05, 3.63) is 59.7 Å². The number of benzene rings is 1. The fraction of sp³-hybridized carbons (Fsp3) is 0.639. The van der Waals surface area contributed by atoms with Crippen LogP contribution in [-0.2, 0) is 20.9 Å². The van der Waals surface area contributed by atoms with Crippen molar-refractivity contribution < 1.29 is 19.1 Å². The summed E-state index contributed by atoms with van der Waals surface area (Å²) < 4.78 is 5.26. The van der Waals surface area contributed by atoms with Gasteiger partial charge in [-0.15, -0.1) is 0 Å². The lowest BCUT2D eigenvalue weighted by Crippen LogP contribution is -2.72. The molecule has 1 aliphatic carbocycles. The number of piperazine rings is 1. The monoisotopic (exact) mass is 606 g/mol. The highest BCUT2D eigenvalue weighted by atomic mass is 16.5. The van der Waals surface area contributed by atoms with Crippen LogP contribution in [0.25, 0.3) is 0 Å². The molecule has 44 heavy (non-hydrogen) atoms. The first-order chi connectivity index (χ1) is 21.3. The molecule has 2 heterocycles. The fourth-order valence-electron chi connectivity index (χ4n) is 6.74. The lowest BCUT2D eigenvalue weighted by molar-refractivity contribution is -0.161. The van der Waals surface area contributed by atoms with Crippen LogP contribution in [0.4, 0.5) is 4.79 Å². The minimum absolute atomic E-state index is 0.0104. The Labute approximate surface area is 264 Å². The molecule has 1 unspecified atom stereocenters. The van der Waals surface area contributed by atoms with Crippen LogP contribution >= 0.6 is 0 Å². The van der Waals surface area contributed by atoms with Gasteiger partial charge in [0.1, 0.15) is 18.2 Å². The number of carbonyl (C=O) groups is 3. The molecule has 0 aromatic heterocycles. The minimum Gasteiger partial charge on any atom is -0.445 e. The van der Waals surface area contributed by atoms with E-state index in [0.29, 0.717) is 50.6 Å². The first-order valence-electron chi connectivity index (χ1n) is 17.0. The summed E-state index contributed by atoms with van der Waals surface area (Å²) in [6, 6.07) is 9.07. The maximum atomic E-state index is 13.7. The van der Waals surface area contributed by atoms with Crippen LogP contribution in [0, 0.1) is 11.8 Å². The fourth-order valence-corrected chi connectivity index (χ4v) is 6.74. The Hall–Kier alpha value is -3.13. The molecule has 3 aliphatic rings. The standard InChI is InChI=1S/C36H54N4O4/c1-4-23-40-33(41)32(15-8-9-22-37-35(43)44-27-31-12-6-5-7-13-31)38-34(42)36(40)20-24-39(25-21-36)26-30-18-16-29(17-19-30)14-10-11-28(2)3/h5-7,10,12-14,16,28,30,32H,4,8-9,11,15,17-27H2,1-3H3,(H,37,43)(H,38,42)/t30?,32-/m0/s1. The summed E-state index contributed by atoms with van der Waals surface area (Å²) in [7, 11) is 0. The van der Waals surface area contributed by atoms with Crippen molar-refractivity contribution in [3.8, 4) is 0 Å². The summed E-state index contributed by atoms with van der Waals surface area (Å²) >= 11 is 0. The molecule has 0 radical (unpaired) electrons. The van der Waals surface area contributed by atoms with Crippen LogP contribution < -0.4 is 10.6 Å². The molecule has 242 valence electrons. The van der Waals surface area contributed by atoms with Crippen LogP contribution in [0.15, 0.2) is 54.1 Å². The molecule has 0 bridgehead atoms. The van der Waals surface area contributed by atoms with Gasteiger partial charge >= 0.3 is 6.09 Å². The van der Waals surface area contributed by atoms with Crippen molar-refractivity contribution in [3.63, 3.8) is 0 Å². The summed E-state index contributed by atoms with van der Waals surface area (Å²) in [6.45, 7) is 10.6. The van der Waals surface area contributed by atoms with Crippen LogP contribution in [0.2, 0.25) is 0 Å². The molecule has 1 aromatic carbocycles. The Morgan fingerprint density at radius 3 is 2.61 bits per heavy atom. The highest BCUT2D eigenvalue weighted by Crippen LogP contribution is 2.35. The molecule has 2 N–H and O–H groups in total. The lowest BCUT2D eigenvalue weighted by Gasteiger charge is -2.52. The molecule has 2 saturated heterocycles. The smallest absolute Gasteiger partial charge is 0.407 e. The normalized spacial score (nSPS) is 22.4. The molecule has 8 heteroatoms. The maximum absolute atomic E-state index is 13.7. The van der Waals surface area contributed by atoms with E-state index in [4.69, 9.17) is 4.74 Å². The largest absolute Gasteiger partial charge is 0.445 e. The second kappa shape index (κ2) is 16.8. The summed E-state index contributed by atoms with van der Waals surface area (Å²) in [6.07, 6.45) is 15.4. The third kappa shape index (κ3) is 9.43. The van der Waals surface area contributed by atoms with E-state index >= 15 is 0 Å². The molecule has 3 amide bonds. The van der Waals surface area contributed by atoms with Crippen molar-refractivity contribution in [1.82, 2.24) is 20.4 Å². The van der Waals surface area contributed by atoms with Gasteiger partial charge in [0.25, 0.3) is 0 Å². The number of rotatable bonds is 14. The molecule has 1 spiro atoms. The average Bonchev–Trinajstić information content (AvgIpc) is 3.02. The van der Waals surface area contributed by atoms with Gasteiger partial charge in [0.2, 0.25) is 11.8 Å². The minimum atomic E-state index is -0.731. The van der Waals surface area contributed by atoms with Gasteiger partial charge in [-0.2, -0.15) is 0 Å². The Balaban J connectivity index is 1.19. The number of piperidine rings is 1. The zero-order chi connectivity index (χ0) is 31.4. The second-order valence-corrected chi connectivity index (χ2v) is 13.3. The van der Waals surface area contributed by atoms with Crippen molar-refractivity contribution in [1.29, 1.82) is 0 Å². The zero-order valence-corrected chi connectivity index (χ0v) is 27.2. The summed E-state index contributed by atoms with van der Waals surface area (Å²) in [5, 5.41) is 5.88. The lowest BCUT2D eigenvalue weighted by atomic mass is 9.80. The van der Waals surface area contributed by atoms with Crippen LogP contribution in [0.1, 0.15) is 90.5 Å². The van der Waals surface area contributed by atoms with Gasteiger partial charge in [-0.25, -0.2) is 4.79 Å². The van der Waals surface area contributed by atoms with Gasteiger partial charge in [-0.1, -0.05) is 74.9 Å². The number of alkyl carbamates (subject to hydrolysis) is 1. The van der Waals surface area contributed by atoms with E-state index in [2.05, 4.69) is 54.5 Å². The molecule has 1 aromatic rings. The summed E-state index contributed by atoms with van der Waals surface area (Å²) in [5.74, 6) is 1.41. The predicted molar refractivity (Wildman–Crippen MR) is 175 cm³/mol. The molecular weight excluding hydrogens is 552 g/mol. The van der Waals surface area contributed by atoms with Gasteiger partial charge in [0.05, 0.1) is 0 Å². The van der Waals surface area contributed by atoms with Gasteiger partial charge < -0.3 is 25.2 Å². The van der Waals surface area contributed by atoms with E-state index in [1.807, 2.05) is 35.2 Å².